The van der Waals surface area contributed by atoms with E-state index in [1.807, 2.05) is 19.1 Å². The average Bonchev–Trinajstić information content (AvgIpc) is 2.42. The zero-order chi connectivity index (χ0) is 15.2. The van der Waals surface area contributed by atoms with Gasteiger partial charge in [-0.05, 0) is 32.1 Å². The summed E-state index contributed by atoms with van der Waals surface area (Å²) in [6.45, 7) is 8.74. The molecule has 0 aromatic heterocycles. The van der Waals surface area contributed by atoms with Gasteiger partial charge in [-0.1, -0.05) is 24.3 Å². The molecule has 0 radical (unpaired) electrons. The Morgan fingerprint density at radius 2 is 2.38 bits per heavy atom. The lowest BCUT2D eigenvalue weighted by Gasteiger charge is -2.52. The maximum Gasteiger partial charge on any atom is 0.184 e. The molecule has 2 aliphatic rings. The highest BCUT2D eigenvalue weighted by atomic mass is 32.1. The van der Waals surface area contributed by atoms with Crippen LogP contribution < -0.4 is 14.8 Å². The lowest BCUT2D eigenvalue weighted by molar-refractivity contribution is -0.0656. The van der Waals surface area contributed by atoms with Crippen LogP contribution in [0, 0.1) is 0 Å². The summed E-state index contributed by atoms with van der Waals surface area (Å²) in [7, 11) is 1.66. The van der Waals surface area contributed by atoms with E-state index < -0.39 is 5.72 Å². The van der Waals surface area contributed by atoms with Crippen molar-refractivity contribution in [3.05, 3.63) is 35.9 Å². The summed E-state index contributed by atoms with van der Waals surface area (Å²) in [6, 6.07) is 6.12. The van der Waals surface area contributed by atoms with Crippen molar-refractivity contribution in [3.63, 3.8) is 0 Å². The second kappa shape index (κ2) is 4.91. The van der Waals surface area contributed by atoms with Crippen LogP contribution in [0.2, 0.25) is 0 Å². The van der Waals surface area contributed by atoms with Crippen LogP contribution in [-0.4, -0.2) is 29.4 Å². The highest BCUT2D eigenvalue weighted by Crippen LogP contribution is 2.47. The van der Waals surface area contributed by atoms with Gasteiger partial charge in [0.05, 0.1) is 13.2 Å². The smallest absolute Gasteiger partial charge is 0.184 e. The average molecular weight is 304 g/mol. The first-order valence-corrected chi connectivity index (χ1v) is 7.44. The monoisotopic (exact) mass is 304 g/mol. The molecule has 2 aliphatic heterocycles. The summed E-state index contributed by atoms with van der Waals surface area (Å²) < 4.78 is 11.8. The van der Waals surface area contributed by atoms with Gasteiger partial charge in [0.2, 0.25) is 0 Å². The molecule has 0 spiro atoms. The third-order valence-corrected chi connectivity index (χ3v) is 4.39. The summed E-state index contributed by atoms with van der Waals surface area (Å²) in [4.78, 5) is 2.07. The third-order valence-electron chi connectivity index (χ3n) is 4.05. The number of fused-ring (bicyclic) bond motifs is 4. The number of rotatable bonds is 3. The van der Waals surface area contributed by atoms with E-state index in [0.717, 1.165) is 29.1 Å². The van der Waals surface area contributed by atoms with Gasteiger partial charge >= 0.3 is 0 Å². The quantitative estimate of drug-likeness (QED) is 0.686. The van der Waals surface area contributed by atoms with Crippen molar-refractivity contribution in [1.82, 2.24) is 10.2 Å². The highest BCUT2D eigenvalue weighted by molar-refractivity contribution is 7.80. The molecule has 2 atom stereocenters. The molecular formula is C16H20N2O2S. The number of hydrogen-bond donors (Lipinski definition) is 1. The van der Waals surface area contributed by atoms with E-state index in [0.29, 0.717) is 11.7 Å². The third kappa shape index (κ3) is 2.25. The largest absolute Gasteiger partial charge is 0.493 e. The number of hydrogen-bond acceptors (Lipinski definition) is 3. The fourth-order valence-corrected chi connectivity index (χ4v) is 3.47. The standard InChI is InChI=1S/C16H20N2O2S/c1-10(2)9-18-15(21)17-12-8-16(18,3)20-14-11(12)6-5-7-13(14)19-4/h5-7,12H,1,8-9H2,2-4H3,(H,17,21). The molecule has 112 valence electrons. The molecular weight excluding hydrogens is 284 g/mol. The number of benzene rings is 1. The topological polar surface area (TPSA) is 33.7 Å². The normalized spacial score (nSPS) is 26.5. The number of nitrogens with one attached hydrogen (secondary N) is 1. The van der Waals surface area contributed by atoms with Crippen molar-refractivity contribution in [1.29, 1.82) is 0 Å². The lowest BCUT2D eigenvalue weighted by atomic mass is 9.90. The van der Waals surface area contributed by atoms with Crippen LogP contribution in [0.3, 0.4) is 0 Å². The van der Waals surface area contributed by atoms with E-state index in [9.17, 15) is 0 Å². The second-order valence-corrected chi connectivity index (χ2v) is 6.29. The molecule has 5 heteroatoms. The number of para-hydroxylation sites is 1. The van der Waals surface area contributed by atoms with Crippen LogP contribution in [0.4, 0.5) is 0 Å². The Morgan fingerprint density at radius 1 is 1.62 bits per heavy atom. The maximum atomic E-state index is 6.33. The molecule has 0 amide bonds. The number of ether oxygens (including phenoxy) is 2. The molecule has 4 nitrogen and oxygen atoms in total. The first kappa shape index (κ1) is 14.2. The van der Waals surface area contributed by atoms with E-state index in [1.54, 1.807) is 7.11 Å². The highest BCUT2D eigenvalue weighted by Gasteiger charge is 2.48. The predicted molar refractivity (Wildman–Crippen MR) is 86.6 cm³/mol. The number of methoxy groups -OCH3 is 1. The van der Waals surface area contributed by atoms with E-state index in [2.05, 4.69) is 29.8 Å². The Bertz CT molecular complexity index is 616. The fraction of sp³-hybridized carbons (Fsp3) is 0.438. The summed E-state index contributed by atoms with van der Waals surface area (Å²) in [5.41, 5.74) is 1.67. The van der Waals surface area contributed by atoms with Gasteiger partial charge in [-0.15, -0.1) is 0 Å². The summed E-state index contributed by atoms with van der Waals surface area (Å²) in [5, 5.41) is 4.13. The fourth-order valence-electron chi connectivity index (χ4n) is 3.07. The lowest BCUT2D eigenvalue weighted by Crippen LogP contribution is -2.64. The van der Waals surface area contributed by atoms with Gasteiger partial charge < -0.3 is 19.7 Å². The van der Waals surface area contributed by atoms with Gasteiger partial charge in [0, 0.05) is 18.5 Å². The first-order valence-electron chi connectivity index (χ1n) is 7.03. The first-order chi connectivity index (χ1) is 9.94. The minimum atomic E-state index is -0.479. The molecule has 1 aromatic rings. The minimum absolute atomic E-state index is 0.155. The van der Waals surface area contributed by atoms with Gasteiger partial charge in [0.1, 0.15) is 0 Å². The van der Waals surface area contributed by atoms with E-state index in [-0.39, 0.29) is 6.04 Å². The Labute approximate surface area is 130 Å². The van der Waals surface area contributed by atoms with Crippen molar-refractivity contribution in [2.24, 2.45) is 0 Å². The molecule has 2 unspecified atom stereocenters. The number of nitrogens with zero attached hydrogens (tertiary/aromatic N) is 1. The molecule has 3 rings (SSSR count). The zero-order valence-electron chi connectivity index (χ0n) is 12.6. The van der Waals surface area contributed by atoms with Crippen LogP contribution in [0.1, 0.15) is 31.9 Å². The Morgan fingerprint density at radius 3 is 3.05 bits per heavy atom. The van der Waals surface area contributed by atoms with E-state index in [1.165, 1.54) is 0 Å². The summed E-state index contributed by atoms with van der Waals surface area (Å²) in [5.74, 6) is 1.56. The molecule has 0 saturated carbocycles. The van der Waals surface area contributed by atoms with Crippen LogP contribution in [0.5, 0.6) is 11.5 Å². The number of thiocarbonyl (C=S) groups is 1. The van der Waals surface area contributed by atoms with Crippen molar-refractivity contribution in [3.8, 4) is 11.5 Å². The van der Waals surface area contributed by atoms with E-state index in [4.69, 9.17) is 21.7 Å². The van der Waals surface area contributed by atoms with Gasteiger partial charge in [0.15, 0.2) is 22.3 Å². The molecule has 2 heterocycles. The van der Waals surface area contributed by atoms with Crippen molar-refractivity contribution >= 4 is 17.3 Å². The summed E-state index contributed by atoms with van der Waals surface area (Å²) >= 11 is 5.52. The molecule has 1 fully saturated rings. The molecule has 0 aliphatic carbocycles. The van der Waals surface area contributed by atoms with E-state index >= 15 is 0 Å². The Hall–Kier alpha value is -1.75. The Balaban J connectivity index is 2.05. The van der Waals surface area contributed by atoms with Crippen LogP contribution in [-0.2, 0) is 0 Å². The molecule has 2 bridgehead atoms. The molecule has 1 saturated heterocycles. The molecule has 1 aromatic carbocycles. The molecule has 21 heavy (non-hydrogen) atoms. The summed E-state index contributed by atoms with van der Waals surface area (Å²) in [6.07, 6.45) is 0.834. The second-order valence-electron chi connectivity index (χ2n) is 5.91. The zero-order valence-corrected chi connectivity index (χ0v) is 13.4. The van der Waals surface area contributed by atoms with Gasteiger partial charge in [-0.25, -0.2) is 0 Å². The molecule has 1 N–H and O–H groups in total. The Kier molecular flexibility index (Phi) is 3.32. The van der Waals surface area contributed by atoms with Gasteiger partial charge in [-0.2, -0.15) is 0 Å². The maximum absolute atomic E-state index is 6.33. The SMILES string of the molecule is C=C(C)CN1C(=S)NC2CC1(C)Oc1c(OC)cccc12. The predicted octanol–water partition coefficient (Wildman–Crippen LogP) is 3.00. The van der Waals surface area contributed by atoms with Crippen LogP contribution in [0.25, 0.3) is 0 Å². The minimum Gasteiger partial charge on any atom is -0.493 e. The van der Waals surface area contributed by atoms with Crippen molar-refractivity contribution in [2.45, 2.75) is 32.0 Å². The van der Waals surface area contributed by atoms with Crippen LogP contribution in [0.15, 0.2) is 30.4 Å². The van der Waals surface area contributed by atoms with Gasteiger partial charge in [0.25, 0.3) is 0 Å². The van der Waals surface area contributed by atoms with Crippen molar-refractivity contribution in [2.75, 3.05) is 13.7 Å². The van der Waals surface area contributed by atoms with Crippen molar-refractivity contribution < 1.29 is 9.47 Å². The van der Waals surface area contributed by atoms with Gasteiger partial charge in [-0.3, -0.25) is 0 Å². The van der Waals surface area contributed by atoms with Crippen LogP contribution >= 0.6 is 12.2 Å².